The molecule has 0 fully saturated rings. The summed E-state index contributed by atoms with van der Waals surface area (Å²) in [5, 5.41) is 0. The largest absolute Gasteiger partial charge is 0.305 e. The van der Waals surface area contributed by atoms with Crippen LogP contribution in [0.1, 0.15) is 52.8 Å². The number of imidazole rings is 1. The normalized spacial score (nSPS) is 17.6. The SMILES string of the molecule is CN(C)Cc1ccc(C2=CC=CCc3nc(CN(C)C4CCCc5cccnc54)cn32)cc1. The van der Waals surface area contributed by atoms with Gasteiger partial charge < -0.3 is 9.47 Å². The third-order valence-electron chi connectivity index (χ3n) is 6.64. The van der Waals surface area contributed by atoms with Gasteiger partial charge in [-0.05, 0) is 69.2 Å². The van der Waals surface area contributed by atoms with Crippen molar-refractivity contribution >= 4 is 5.70 Å². The molecule has 5 heteroatoms. The summed E-state index contributed by atoms with van der Waals surface area (Å²) < 4.78 is 2.27. The van der Waals surface area contributed by atoms with Crippen molar-refractivity contribution < 1.29 is 0 Å². The van der Waals surface area contributed by atoms with Crippen molar-refractivity contribution in [1.82, 2.24) is 24.3 Å². The molecule has 0 bridgehead atoms. The summed E-state index contributed by atoms with van der Waals surface area (Å²) in [6, 6.07) is 13.5. The summed E-state index contributed by atoms with van der Waals surface area (Å²) in [6.07, 6.45) is 15.0. The molecule has 170 valence electrons. The Morgan fingerprint density at radius 2 is 1.91 bits per heavy atom. The summed E-state index contributed by atoms with van der Waals surface area (Å²) in [5.41, 5.74) is 7.47. The molecule has 3 heterocycles. The minimum absolute atomic E-state index is 0.357. The van der Waals surface area contributed by atoms with Crippen molar-refractivity contribution in [3.8, 4) is 0 Å². The van der Waals surface area contributed by atoms with Gasteiger partial charge in [-0.25, -0.2) is 4.98 Å². The van der Waals surface area contributed by atoms with Gasteiger partial charge in [0.05, 0.1) is 23.1 Å². The van der Waals surface area contributed by atoms with Crippen LogP contribution in [-0.4, -0.2) is 45.5 Å². The Morgan fingerprint density at radius 3 is 2.73 bits per heavy atom. The van der Waals surface area contributed by atoms with E-state index in [2.05, 4.69) is 96.3 Å². The van der Waals surface area contributed by atoms with Crippen molar-refractivity contribution in [3.05, 3.63) is 101 Å². The Morgan fingerprint density at radius 1 is 1.06 bits per heavy atom. The molecule has 0 spiro atoms. The number of nitrogens with zero attached hydrogens (tertiary/aromatic N) is 5. The van der Waals surface area contributed by atoms with E-state index >= 15 is 0 Å². The summed E-state index contributed by atoms with van der Waals surface area (Å²) >= 11 is 0. The van der Waals surface area contributed by atoms with E-state index in [9.17, 15) is 0 Å². The summed E-state index contributed by atoms with van der Waals surface area (Å²) in [5.74, 6) is 1.10. The fourth-order valence-electron chi connectivity index (χ4n) is 5.07. The minimum atomic E-state index is 0.357. The van der Waals surface area contributed by atoms with Crippen molar-refractivity contribution in [3.63, 3.8) is 0 Å². The molecule has 5 rings (SSSR count). The summed E-state index contributed by atoms with van der Waals surface area (Å²) in [6.45, 7) is 1.77. The highest BCUT2D eigenvalue weighted by Gasteiger charge is 2.26. The number of hydrogen-bond donors (Lipinski definition) is 0. The lowest BCUT2D eigenvalue weighted by atomic mass is 9.91. The third-order valence-corrected chi connectivity index (χ3v) is 6.64. The number of benzene rings is 1. The predicted molar refractivity (Wildman–Crippen MR) is 134 cm³/mol. The second-order valence-electron chi connectivity index (χ2n) is 9.51. The fourth-order valence-corrected chi connectivity index (χ4v) is 5.07. The number of pyridine rings is 1. The van der Waals surface area contributed by atoms with Crippen molar-refractivity contribution in [1.29, 1.82) is 0 Å². The molecule has 0 saturated carbocycles. The molecule has 0 amide bonds. The van der Waals surface area contributed by atoms with Gasteiger partial charge in [0.25, 0.3) is 0 Å². The maximum Gasteiger partial charge on any atom is 0.117 e. The molecule has 1 aromatic carbocycles. The van der Waals surface area contributed by atoms with E-state index in [1.807, 2.05) is 6.20 Å². The van der Waals surface area contributed by atoms with E-state index < -0.39 is 0 Å². The van der Waals surface area contributed by atoms with Crippen LogP contribution in [0.4, 0.5) is 0 Å². The second-order valence-corrected chi connectivity index (χ2v) is 9.51. The monoisotopic (exact) mass is 439 g/mol. The number of hydrogen-bond acceptors (Lipinski definition) is 4. The van der Waals surface area contributed by atoms with Gasteiger partial charge in [0.2, 0.25) is 0 Å². The van der Waals surface area contributed by atoms with E-state index in [0.29, 0.717) is 6.04 Å². The van der Waals surface area contributed by atoms with Crippen LogP contribution in [0.3, 0.4) is 0 Å². The molecule has 0 saturated heterocycles. The average molecular weight is 440 g/mol. The zero-order valence-corrected chi connectivity index (χ0v) is 19.9. The Balaban J connectivity index is 1.38. The highest BCUT2D eigenvalue weighted by molar-refractivity contribution is 5.69. The molecule has 1 atom stereocenters. The molecule has 33 heavy (non-hydrogen) atoms. The minimum Gasteiger partial charge on any atom is -0.305 e. The van der Waals surface area contributed by atoms with Crippen LogP contribution in [0.15, 0.2) is 67.0 Å². The molecule has 2 aromatic heterocycles. The number of aromatic nitrogens is 3. The number of aryl methyl sites for hydroxylation is 1. The molecule has 1 aliphatic heterocycles. The highest BCUT2D eigenvalue weighted by atomic mass is 15.2. The van der Waals surface area contributed by atoms with E-state index in [1.165, 1.54) is 34.5 Å². The van der Waals surface area contributed by atoms with Gasteiger partial charge in [-0.1, -0.05) is 42.5 Å². The molecule has 2 aliphatic rings. The van der Waals surface area contributed by atoms with Crippen LogP contribution >= 0.6 is 0 Å². The molecule has 1 unspecified atom stereocenters. The summed E-state index contributed by atoms with van der Waals surface area (Å²) in [4.78, 5) is 14.4. The lowest BCUT2D eigenvalue weighted by Crippen LogP contribution is -2.28. The van der Waals surface area contributed by atoms with E-state index in [-0.39, 0.29) is 0 Å². The Labute approximate surface area is 197 Å². The van der Waals surface area contributed by atoms with Gasteiger partial charge in [-0.3, -0.25) is 9.88 Å². The van der Waals surface area contributed by atoms with Crippen molar-refractivity contribution in [2.75, 3.05) is 21.1 Å². The van der Waals surface area contributed by atoms with E-state index in [4.69, 9.17) is 9.97 Å². The van der Waals surface area contributed by atoms with Crippen LogP contribution in [0.2, 0.25) is 0 Å². The molecule has 0 radical (unpaired) electrons. The van der Waals surface area contributed by atoms with Gasteiger partial charge in [0.1, 0.15) is 5.82 Å². The van der Waals surface area contributed by atoms with Crippen molar-refractivity contribution in [2.45, 2.75) is 44.8 Å². The van der Waals surface area contributed by atoms with Crippen molar-refractivity contribution in [2.24, 2.45) is 0 Å². The van der Waals surface area contributed by atoms with Gasteiger partial charge in [0.15, 0.2) is 0 Å². The van der Waals surface area contributed by atoms with E-state index in [1.54, 1.807) is 0 Å². The number of allylic oxidation sites excluding steroid dienone is 3. The Bertz CT molecular complexity index is 1170. The average Bonchev–Trinajstić information content (AvgIpc) is 3.10. The standard InChI is InChI=1S/C28H33N5/c1-31(2)18-21-13-15-22(16-14-21)25-10-4-5-12-27-30-24(20-33(25)27)19-32(3)26-11-6-8-23-9-7-17-29-28(23)26/h4-5,7,9-10,13-17,20,26H,6,8,11-12,18-19H2,1-3H3. The first-order valence-corrected chi connectivity index (χ1v) is 11.9. The van der Waals surface area contributed by atoms with Crippen LogP contribution in [-0.2, 0) is 25.9 Å². The Kier molecular flexibility index (Phi) is 6.25. The van der Waals surface area contributed by atoms with Crippen LogP contribution in [0.25, 0.3) is 5.70 Å². The number of fused-ring (bicyclic) bond motifs is 2. The zero-order valence-electron chi connectivity index (χ0n) is 19.9. The molecule has 3 aromatic rings. The van der Waals surface area contributed by atoms with Gasteiger partial charge in [-0.2, -0.15) is 0 Å². The first kappa shape index (κ1) is 21.8. The maximum absolute atomic E-state index is 5.04. The molecular formula is C28H33N5. The molecule has 1 aliphatic carbocycles. The van der Waals surface area contributed by atoms with Gasteiger partial charge >= 0.3 is 0 Å². The summed E-state index contributed by atoms with van der Waals surface area (Å²) in [7, 11) is 6.41. The third kappa shape index (κ3) is 4.70. The first-order chi connectivity index (χ1) is 16.1. The predicted octanol–water partition coefficient (Wildman–Crippen LogP) is 4.85. The topological polar surface area (TPSA) is 37.2 Å². The lowest BCUT2D eigenvalue weighted by molar-refractivity contribution is 0.206. The van der Waals surface area contributed by atoms with Gasteiger partial charge in [-0.15, -0.1) is 0 Å². The quantitative estimate of drug-likeness (QED) is 0.550. The smallest absolute Gasteiger partial charge is 0.117 e. The number of rotatable bonds is 6. The lowest BCUT2D eigenvalue weighted by Gasteiger charge is -2.31. The van der Waals surface area contributed by atoms with E-state index in [0.717, 1.165) is 43.9 Å². The van der Waals surface area contributed by atoms with Gasteiger partial charge in [0, 0.05) is 31.9 Å². The molecule has 5 nitrogen and oxygen atoms in total. The fraction of sp³-hybridized carbons (Fsp3) is 0.357. The zero-order chi connectivity index (χ0) is 22.8. The van der Waals surface area contributed by atoms with Crippen LogP contribution < -0.4 is 0 Å². The highest BCUT2D eigenvalue weighted by Crippen LogP contribution is 2.33. The van der Waals surface area contributed by atoms with Crippen LogP contribution in [0.5, 0.6) is 0 Å². The second kappa shape index (κ2) is 9.46. The maximum atomic E-state index is 5.04. The molecule has 0 N–H and O–H groups in total. The first-order valence-electron chi connectivity index (χ1n) is 11.9. The Hall–Kier alpha value is -3.02. The molecular weight excluding hydrogens is 406 g/mol. The van der Waals surface area contributed by atoms with Crippen LogP contribution in [0, 0.1) is 0 Å².